The molecule has 0 atom stereocenters. The number of alkyl halides is 9. The van der Waals surface area contributed by atoms with Gasteiger partial charge in [0.15, 0.2) is 0 Å². The molecule has 0 aromatic carbocycles. The summed E-state index contributed by atoms with van der Waals surface area (Å²) in [5.41, 5.74) is 0. The molecule has 0 saturated heterocycles. The number of halogens is 9. The molecule has 0 fully saturated rings. The molecule has 3 N–H and O–H groups in total. The fourth-order valence-electron chi connectivity index (χ4n) is 0. The molecule has 0 heterocycles. The molecule has 0 saturated carbocycles. The Balaban J connectivity index is -0.000000108. The normalized spacial score (nSPS) is 10.8. The number of hydrogen-bond donors (Lipinski definition) is 3. The summed E-state index contributed by atoms with van der Waals surface area (Å²) in [7, 11) is 0. The Morgan fingerprint density at radius 3 is 0.545 bits per heavy atom. The summed E-state index contributed by atoms with van der Waals surface area (Å²) >= 11 is 43.2. The van der Waals surface area contributed by atoms with E-state index >= 15 is 0 Å². The molecule has 0 aromatic heterocycles. The summed E-state index contributed by atoms with van der Waals surface area (Å²) in [5, 5.41) is 23.6. The van der Waals surface area contributed by atoms with Crippen LogP contribution in [0.25, 0.3) is 0 Å². The maximum absolute atomic E-state index is 9.62. The van der Waals surface area contributed by atoms with Crippen LogP contribution in [-0.2, 0) is 14.4 Å². The molecule has 6 nitrogen and oxygen atoms in total. The molecule has 16 heteroatoms. The zero-order valence-corrected chi connectivity index (χ0v) is 17.9. The van der Waals surface area contributed by atoms with Crippen LogP contribution in [0.2, 0.25) is 0 Å². The molecule has 0 radical (unpaired) electrons. The van der Waals surface area contributed by atoms with Gasteiger partial charge in [0.2, 0.25) is 0 Å². The van der Waals surface area contributed by atoms with Crippen molar-refractivity contribution in [3.05, 3.63) is 0 Å². The van der Waals surface area contributed by atoms with Crippen molar-refractivity contribution in [2.75, 3.05) is 0 Å². The molecule has 0 aliphatic heterocycles. The zero-order chi connectivity index (χ0) is 18.2. The summed E-state index contributed by atoms with van der Waals surface area (Å²) in [4.78, 5) is 28.9. The molecular weight excluding hydrogens is 654 g/mol. The van der Waals surface area contributed by atoms with E-state index in [0.717, 1.165) is 0 Å². The minimum atomic E-state index is -2.17. The summed E-state index contributed by atoms with van der Waals surface area (Å²) in [6.45, 7) is 0. The Bertz CT molecular complexity index is 313. The number of hydrogen-bond acceptors (Lipinski definition) is 3. The Kier molecular flexibility index (Phi) is 19.6. The first-order valence-electron chi connectivity index (χ1n) is 3.73. The van der Waals surface area contributed by atoms with E-state index in [1.807, 2.05) is 0 Å². The summed E-state index contributed by atoms with van der Waals surface area (Å²) in [6, 6.07) is 0. The van der Waals surface area contributed by atoms with Crippen molar-refractivity contribution in [3.63, 3.8) is 0 Å². The van der Waals surface area contributed by atoms with Crippen molar-refractivity contribution in [1.82, 2.24) is 0 Å². The predicted molar refractivity (Wildman–Crippen MR) is 83.8 cm³/mol. The van der Waals surface area contributed by atoms with Crippen molar-refractivity contribution in [1.29, 1.82) is 0 Å². The van der Waals surface area contributed by atoms with E-state index in [2.05, 4.69) is 0 Å². The first-order chi connectivity index (χ1) is 8.83. The minimum absolute atomic E-state index is 0. The van der Waals surface area contributed by atoms with E-state index in [1.54, 1.807) is 0 Å². The van der Waals surface area contributed by atoms with Crippen LogP contribution in [-0.4, -0.2) is 44.6 Å². The quantitative estimate of drug-likeness (QED) is 0.335. The van der Waals surface area contributed by atoms with Gasteiger partial charge in [-0.3, -0.25) is 0 Å². The van der Waals surface area contributed by atoms with Gasteiger partial charge in [-0.25, -0.2) is 14.4 Å². The van der Waals surface area contributed by atoms with Crippen LogP contribution in [0.5, 0.6) is 0 Å². The third kappa shape index (κ3) is 24.5. The van der Waals surface area contributed by atoms with E-state index < -0.39 is 29.3 Å². The van der Waals surface area contributed by atoms with Crippen LogP contribution in [0, 0.1) is 37.3 Å². The van der Waals surface area contributed by atoms with Crippen molar-refractivity contribution >= 4 is 122 Å². The van der Waals surface area contributed by atoms with E-state index in [4.69, 9.17) is 120 Å². The number of carbonyl (C=O) groups is 3. The van der Waals surface area contributed by atoms with Crippen molar-refractivity contribution in [3.8, 4) is 0 Å². The van der Waals surface area contributed by atoms with Crippen molar-refractivity contribution in [2.45, 2.75) is 11.4 Å². The second-order valence-electron chi connectivity index (χ2n) is 2.41. The van der Waals surface area contributed by atoms with Crippen LogP contribution < -0.4 is 0 Å². The largest absolute Gasteiger partial charge is 0.478 e. The topological polar surface area (TPSA) is 112 Å². The first kappa shape index (κ1) is 32.0. The molecule has 0 spiro atoms. The fraction of sp³-hybridized carbons (Fsp3) is 0.500. The van der Waals surface area contributed by atoms with Crippen LogP contribution in [0.15, 0.2) is 0 Å². The van der Waals surface area contributed by atoms with Crippen molar-refractivity contribution in [2.24, 2.45) is 0 Å². The van der Waals surface area contributed by atoms with Gasteiger partial charge in [0.1, 0.15) is 0 Å². The third-order valence-electron chi connectivity index (χ3n) is 0.728. The van der Waals surface area contributed by atoms with Gasteiger partial charge in [0, 0.05) is 37.3 Å². The Labute approximate surface area is 198 Å². The molecule has 0 rings (SSSR count). The van der Waals surface area contributed by atoms with E-state index in [-0.39, 0.29) is 37.3 Å². The molecule has 138 valence electrons. The van der Waals surface area contributed by atoms with Gasteiger partial charge in [-0.15, -0.1) is 0 Å². The molecule has 22 heavy (non-hydrogen) atoms. The monoisotopic (exact) mass is 652 g/mol. The Morgan fingerprint density at radius 1 is 0.500 bits per heavy atom. The van der Waals surface area contributed by atoms with Gasteiger partial charge in [-0.05, 0) is 0 Å². The molecule has 0 unspecified atom stereocenters. The predicted octanol–water partition coefficient (Wildman–Crippen LogP) is 4.32. The summed E-state index contributed by atoms with van der Waals surface area (Å²) in [6.07, 6.45) is 0. The third-order valence-corrected chi connectivity index (χ3v) is 2.18. The minimum Gasteiger partial charge on any atom is -0.478 e. The van der Waals surface area contributed by atoms with Crippen molar-refractivity contribution < 1.29 is 67.0 Å². The number of carboxylic acids is 3. The fourth-order valence-corrected chi connectivity index (χ4v) is 0. The molecular formula is C6H3Cl9ErO6. The average molecular weight is 657 g/mol. The van der Waals surface area contributed by atoms with Crippen LogP contribution in [0.4, 0.5) is 0 Å². The van der Waals surface area contributed by atoms with E-state index in [9.17, 15) is 14.4 Å². The summed E-state index contributed by atoms with van der Waals surface area (Å²) in [5.74, 6) is -4.38. The van der Waals surface area contributed by atoms with Gasteiger partial charge in [0.25, 0.3) is 11.4 Å². The molecule has 0 aliphatic rings. The Hall–Kier alpha value is 2.27. The van der Waals surface area contributed by atoms with Gasteiger partial charge >= 0.3 is 17.9 Å². The second-order valence-corrected chi connectivity index (χ2v) is 9.25. The zero-order valence-electron chi connectivity index (χ0n) is 9.26. The maximum Gasteiger partial charge on any atom is 0.356 e. The molecule has 0 aromatic rings. The molecule has 0 amide bonds. The van der Waals surface area contributed by atoms with Gasteiger partial charge in [0.05, 0.1) is 0 Å². The first-order valence-corrected chi connectivity index (χ1v) is 7.14. The number of carboxylic acid groups (broad SMARTS) is 3. The van der Waals surface area contributed by atoms with Crippen LogP contribution in [0.1, 0.15) is 0 Å². The second kappa shape index (κ2) is 13.5. The van der Waals surface area contributed by atoms with E-state index in [1.165, 1.54) is 0 Å². The molecule has 0 bridgehead atoms. The average Bonchev–Trinajstić information content (AvgIpc) is 2.14. The van der Waals surface area contributed by atoms with E-state index in [0.29, 0.717) is 0 Å². The van der Waals surface area contributed by atoms with Gasteiger partial charge < -0.3 is 15.3 Å². The van der Waals surface area contributed by atoms with Crippen LogP contribution in [0.3, 0.4) is 0 Å². The van der Waals surface area contributed by atoms with Gasteiger partial charge in [-0.2, -0.15) is 0 Å². The standard InChI is InChI=1S/3C2HCl3O2.Er/c3*3-2(4,5)1(6)7;/h3*(H,6,7);. The summed E-state index contributed by atoms with van der Waals surface area (Å²) < 4.78 is -6.50. The van der Waals surface area contributed by atoms with Gasteiger partial charge in [-0.1, -0.05) is 104 Å². The molecule has 0 aliphatic carbocycles. The van der Waals surface area contributed by atoms with Crippen LogP contribution >= 0.6 is 104 Å². The smallest absolute Gasteiger partial charge is 0.356 e. The number of rotatable bonds is 0. The SMILES string of the molecule is O=C(O)C(Cl)(Cl)Cl.O=C(O)C(Cl)(Cl)Cl.O=C(O)C(Cl)(Cl)Cl.[Er]. The number of aliphatic carboxylic acids is 3. The Morgan fingerprint density at radius 2 is 0.545 bits per heavy atom. The maximum atomic E-state index is 9.62.